The van der Waals surface area contributed by atoms with Crippen LogP contribution in [0.4, 0.5) is 36.7 Å². The first-order chi connectivity index (χ1) is 67.3. The van der Waals surface area contributed by atoms with Gasteiger partial charge in [-0.2, -0.15) is 39.1 Å². The largest absolute Gasteiger partial charge is 0.379 e. The lowest BCUT2D eigenvalue weighted by molar-refractivity contribution is -0.127. The summed E-state index contributed by atoms with van der Waals surface area (Å²) in [4.78, 5) is 89.9. The molecule has 4 aliphatic rings. The average molecular weight is 1860 g/mol. The third kappa shape index (κ3) is 22.8. The number of halogens is 4. The molecule has 20 rings (SSSR count). The molecule has 26 nitrogen and oxygen atoms in total. The van der Waals surface area contributed by atoms with E-state index in [0.717, 1.165) is 212 Å². The van der Waals surface area contributed by atoms with Gasteiger partial charge in [-0.05, 0) is 308 Å². The number of likely N-dealkylation sites (tertiary alicyclic amines) is 3. The highest BCUT2D eigenvalue weighted by atomic mass is 19.1. The summed E-state index contributed by atoms with van der Waals surface area (Å²) < 4.78 is 66.1. The maximum absolute atomic E-state index is 13.8. The van der Waals surface area contributed by atoms with Crippen LogP contribution in [0.2, 0.25) is 0 Å². The number of rotatable bonds is 23. The van der Waals surface area contributed by atoms with Gasteiger partial charge >= 0.3 is 24.1 Å². The van der Waals surface area contributed by atoms with Crippen LogP contribution in [0.15, 0.2) is 244 Å². The summed E-state index contributed by atoms with van der Waals surface area (Å²) in [5.74, 6) is -0.757. The number of fused-ring (bicyclic) bond motifs is 4. The highest BCUT2D eigenvalue weighted by Gasteiger charge is 2.25. The molecule has 138 heavy (non-hydrogen) atoms. The van der Waals surface area contributed by atoms with E-state index in [0.29, 0.717) is 73.3 Å². The summed E-state index contributed by atoms with van der Waals surface area (Å²) >= 11 is 0. The van der Waals surface area contributed by atoms with Crippen LogP contribution in [0.1, 0.15) is 86.5 Å². The van der Waals surface area contributed by atoms with E-state index >= 15 is 0 Å². The van der Waals surface area contributed by atoms with E-state index in [1.807, 2.05) is 138 Å². The minimum Gasteiger partial charge on any atom is -0.379 e. The second kappa shape index (κ2) is 44.8. The summed E-state index contributed by atoms with van der Waals surface area (Å²) in [5, 5.41) is 32.5. The molecule has 8 aromatic heterocycles. The van der Waals surface area contributed by atoms with Crippen molar-refractivity contribution in [3.05, 3.63) is 289 Å². The van der Waals surface area contributed by atoms with Crippen molar-refractivity contribution in [2.75, 3.05) is 111 Å². The van der Waals surface area contributed by atoms with Gasteiger partial charge in [-0.1, -0.05) is 55.0 Å². The third-order valence-corrected chi connectivity index (χ3v) is 25.6. The fraction of sp³-hybridized carbons (Fsp3) is 0.287. The fourth-order valence-corrected chi connectivity index (χ4v) is 18.1. The Bertz CT molecular complexity index is 6870. The third-order valence-electron chi connectivity index (χ3n) is 25.6. The van der Waals surface area contributed by atoms with Crippen LogP contribution in [0.5, 0.6) is 0 Å². The molecule has 4 N–H and O–H groups in total. The molecule has 30 heteroatoms. The normalized spacial score (nSPS) is 14.1. The smallest absolute Gasteiger partial charge is 0.342 e. The molecule has 8 aromatic carbocycles. The highest BCUT2D eigenvalue weighted by molar-refractivity contribution is 5.98. The number of benzene rings is 8. The molecule has 12 heterocycles. The molecule has 0 atom stereocenters. The number of aryl methyl sites for hydroxylation is 4. The van der Waals surface area contributed by atoms with Gasteiger partial charge in [0, 0.05) is 156 Å². The molecule has 16 aromatic rings. The Morgan fingerprint density at radius 2 is 0.609 bits per heavy atom. The number of aromatic nitrogens is 12. The lowest BCUT2D eigenvalue weighted by Crippen LogP contribution is -2.38. The topological polar surface area (TPSA) is 278 Å². The number of carbonyl (C=O) groups excluding carboxylic acids is 5. The average Bonchev–Trinajstić information content (AvgIpc) is 1.48. The van der Waals surface area contributed by atoms with Crippen LogP contribution in [0, 0.1) is 51.0 Å². The van der Waals surface area contributed by atoms with Gasteiger partial charge in [0.15, 0.2) is 0 Å². The van der Waals surface area contributed by atoms with Crippen molar-refractivity contribution in [3.63, 3.8) is 0 Å². The van der Waals surface area contributed by atoms with Crippen LogP contribution in [0.25, 0.3) is 133 Å². The minimum absolute atomic E-state index is 0.191. The Morgan fingerprint density at radius 3 is 0.920 bits per heavy atom. The zero-order valence-electron chi connectivity index (χ0n) is 77.8. The lowest BCUT2D eigenvalue weighted by atomic mass is 9.97. The van der Waals surface area contributed by atoms with Crippen LogP contribution in [-0.4, -0.2) is 220 Å². The molecule has 4 saturated heterocycles. The molecule has 0 aliphatic carbocycles. The Labute approximate surface area is 797 Å². The number of hydrogen-bond donors (Lipinski definition) is 4. The summed E-state index contributed by atoms with van der Waals surface area (Å²) in [6.07, 6.45) is 24.1. The molecule has 4 aliphatic heterocycles. The van der Waals surface area contributed by atoms with Crippen LogP contribution in [-0.2, 0) is 9.53 Å². The minimum atomic E-state index is -0.302. The second-order valence-corrected chi connectivity index (χ2v) is 35.2. The highest BCUT2D eigenvalue weighted by Crippen LogP contribution is 2.39. The summed E-state index contributed by atoms with van der Waals surface area (Å²) in [6, 6.07) is 58.0. The van der Waals surface area contributed by atoms with Gasteiger partial charge in [0.25, 0.3) is 0 Å². The van der Waals surface area contributed by atoms with Crippen LogP contribution in [0.3, 0.4) is 0 Å². The Morgan fingerprint density at radius 1 is 0.319 bits per heavy atom. The zero-order chi connectivity index (χ0) is 95.5. The van der Waals surface area contributed by atoms with Crippen molar-refractivity contribution in [1.82, 2.24) is 99.9 Å². The number of nitrogens with one attached hydrogen (secondary N) is 4. The van der Waals surface area contributed by atoms with Gasteiger partial charge in [0.2, 0.25) is 5.91 Å². The monoisotopic (exact) mass is 1860 g/mol. The predicted molar refractivity (Wildman–Crippen MR) is 530 cm³/mol. The molecular formula is C108H110F4N20O6. The van der Waals surface area contributed by atoms with E-state index in [9.17, 15) is 41.5 Å². The first-order valence-electron chi connectivity index (χ1n) is 47.3. The van der Waals surface area contributed by atoms with Crippen molar-refractivity contribution in [3.8, 4) is 89.5 Å². The second-order valence-electron chi connectivity index (χ2n) is 35.2. The van der Waals surface area contributed by atoms with Crippen molar-refractivity contribution < 1.29 is 46.3 Å². The van der Waals surface area contributed by atoms with Crippen molar-refractivity contribution in [1.29, 1.82) is 0 Å². The zero-order valence-corrected chi connectivity index (χ0v) is 77.8. The number of nitrogens with zero attached hydrogens (tertiary/aromatic N) is 16. The van der Waals surface area contributed by atoms with E-state index in [4.69, 9.17) is 4.74 Å². The summed E-state index contributed by atoms with van der Waals surface area (Å²) in [7, 11) is 0. The first-order valence-corrected chi connectivity index (χ1v) is 47.3. The predicted octanol–water partition coefficient (Wildman–Crippen LogP) is 19.8. The van der Waals surface area contributed by atoms with E-state index < -0.39 is 0 Å². The quantitative estimate of drug-likeness (QED) is 0.0342. The van der Waals surface area contributed by atoms with Crippen LogP contribution < -0.4 is 21.3 Å². The number of carbonyl (C=O) groups is 5. The SMILES string of the molecule is Cc1cc(-c2ncccc2-c2ccc3c(cnn3C(=O)NCCCN3CCCC3=O)c2)ccc1F.Cc1cc(-c2ncccc2-c2ccc3c(cnn3C(=O)NCCCN3CCCCC3)c2)ccc1F.Cc1cc(-c2ncccc2-c2ccc3c(cnn3C(=O)NCCCN3CCOCC3)c2)ccc1F.Cc1cc(-c2ncccc2-c2ccc3c(cnn3C(=O)NCCN3CCCC3)c2)ccc1F. The van der Waals surface area contributed by atoms with Crippen molar-refractivity contribution >= 4 is 73.6 Å². The fourth-order valence-electron chi connectivity index (χ4n) is 18.1. The van der Waals surface area contributed by atoms with Gasteiger partial charge in [-0.15, -0.1) is 0 Å². The molecule has 0 spiro atoms. The van der Waals surface area contributed by atoms with Crippen LogP contribution >= 0.6 is 0 Å². The Kier molecular flexibility index (Phi) is 30.8. The molecule has 5 amide bonds. The standard InChI is InChI=1S/C28H30FN5O.C27H26FN5O2.C27H28FN5O2.C26H26FN5O/c1-20-17-22(8-10-25(20)29)27-24(7-5-12-30-27)21-9-11-26-23(18-21)19-32-34(26)28(35)31-13-6-16-33-14-3-2-4-15-33;1-18-15-20(7-9-23(18)28)26-22(5-2-11-29-26)19-8-10-24-21(16-19)17-31-33(24)27(35)30-12-4-14-32-13-3-6-25(32)34;1-19-16-21(5-7-24(19)28)26-23(4-2-9-29-26)20-6-8-25-22(17-20)18-31-33(25)27(34)30-10-3-11-32-12-14-35-15-13-32;1-18-15-20(6-8-23(18)27)25-22(5-4-10-28-25)19-7-9-24-21(16-19)17-30-32(24)26(33)29-11-14-31-12-2-3-13-31/h5,7-12,17-19H,2-4,6,13-16H2,1H3,(H,31,35);2,5,7-11,15-17H,3-4,6,12-14H2,1H3,(H,30,35);2,4-9,16-18H,3,10-15H2,1H3,(H,30,34);4-10,15-17H,2-3,11-14H2,1H3,(H,29,33). The number of morpholine rings is 1. The molecule has 0 saturated carbocycles. The van der Waals surface area contributed by atoms with E-state index in [1.165, 1.54) is 88.2 Å². The number of amides is 5. The lowest BCUT2D eigenvalue weighted by Gasteiger charge is -2.26. The van der Waals surface area contributed by atoms with Gasteiger partial charge in [-0.3, -0.25) is 29.6 Å². The first kappa shape index (κ1) is 94.9. The van der Waals surface area contributed by atoms with E-state index in [1.54, 1.807) is 114 Å². The Balaban J connectivity index is 0.000000127. The molecule has 0 bridgehead atoms. The Hall–Kier alpha value is -14.9. The summed E-state index contributed by atoms with van der Waals surface area (Å²) in [6.45, 7) is 21.5. The maximum Gasteiger partial charge on any atom is 0.342 e. The molecule has 0 unspecified atom stereocenters. The number of piperidine rings is 1. The molecule has 0 radical (unpaired) electrons. The number of hydrogen-bond acceptors (Lipinski definition) is 17. The summed E-state index contributed by atoms with van der Waals surface area (Å²) in [5.41, 5.74) is 19.3. The van der Waals surface area contributed by atoms with Gasteiger partial charge in [0.1, 0.15) is 23.3 Å². The molecule has 4 fully saturated rings. The number of ether oxygens (including phenoxy) is 1. The van der Waals surface area contributed by atoms with E-state index in [-0.39, 0.29) is 53.3 Å². The van der Waals surface area contributed by atoms with Gasteiger partial charge < -0.3 is 40.7 Å². The molecule has 706 valence electrons. The van der Waals surface area contributed by atoms with Gasteiger partial charge in [-0.25, -0.2) is 36.7 Å². The maximum atomic E-state index is 13.8. The van der Waals surface area contributed by atoms with Crippen molar-refractivity contribution in [2.24, 2.45) is 0 Å². The van der Waals surface area contributed by atoms with E-state index in [2.05, 4.69) is 76.3 Å². The van der Waals surface area contributed by atoms with Crippen molar-refractivity contribution in [2.45, 2.75) is 91.9 Å². The van der Waals surface area contributed by atoms with Gasteiger partial charge in [0.05, 0.1) is 82.8 Å². The number of pyridine rings is 4. The molecular weight excluding hydrogens is 1750 g/mol.